The maximum atomic E-state index is 12.9. The van der Waals surface area contributed by atoms with Crippen LogP contribution in [-0.4, -0.2) is 56.3 Å². The average molecular weight is 461 g/mol. The third-order valence-corrected chi connectivity index (χ3v) is 6.44. The number of aromatic nitrogens is 4. The predicted molar refractivity (Wildman–Crippen MR) is 126 cm³/mol. The van der Waals surface area contributed by atoms with Gasteiger partial charge < -0.3 is 5.32 Å². The molecule has 0 aliphatic carbocycles. The van der Waals surface area contributed by atoms with Gasteiger partial charge in [0, 0.05) is 28.5 Å². The van der Waals surface area contributed by atoms with Gasteiger partial charge in [-0.3, -0.25) is 9.69 Å². The summed E-state index contributed by atoms with van der Waals surface area (Å²) in [6.45, 7) is 10.3. The fraction of sp³-hybridized carbons (Fsp3) is 0.455. The molecule has 31 heavy (non-hydrogen) atoms. The van der Waals surface area contributed by atoms with Gasteiger partial charge in [-0.25, -0.2) is 9.50 Å². The zero-order valence-electron chi connectivity index (χ0n) is 18.6. The molecule has 0 saturated carbocycles. The highest BCUT2D eigenvalue weighted by atomic mass is 35.5. The summed E-state index contributed by atoms with van der Waals surface area (Å²) in [5.41, 5.74) is 3.58. The number of carbonyl (C=O) groups is 1. The molecule has 0 fully saturated rings. The van der Waals surface area contributed by atoms with Crippen LogP contribution < -0.4 is 5.32 Å². The number of nitrogens with one attached hydrogen (secondary N) is 1. The maximum Gasteiger partial charge on any atom is 0.253 e. The zero-order chi connectivity index (χ0) is 22.5. The highest BCUT2D eigenvalue weighted by molar-refractivity contribution is 7.98. The van der Waals surface area contributed by atoms with Crippen molar-refractivity contribution < 1.29 is 4.79 Å². The Bertz CT molecular complexity index is 1070. The smallest absolute Gasteiger partial charge is 0.253 e. The van der Waals surface area contributed by atoms with Crippen LogP contribution in [0.3, 0.4) is 0 Å². The second kappa shape index (κ2) is 10.4. The minimum Gasteiger partial charge on any atom is -0.354 e. The lowest BCUT2D eigenvalue weighted by Gasteiger charge is -2.31. The highest BCUT2D eigenvalue weighted by Crippen LogP contribution is 2.27. The molecular formula is C22H29ClN6OS. The molecule has 0 aliphatic rings. The fourth-order valence-electron chi connectivity index (χ4n) is 3.81. The molecule has 2 heterocycles. The Labute approximate surface area is 192 Å². The molecule has 9 heteroatoms. The third-order valence-electron chi connectivity index (χ3n) is 5.56. The lowest BCUT2D eigenvalue weighted by Crippen LogP contribution is -2.38. The van der Waals surface area contributed by atoms with Gasteiger partial charge in [0.1, 0.15) is 0 Å². The monoisotopic (exact) mass is 460 g/mol. The number of thioether (sulfide) groups is 1. The Hall–Kier alpha value is -2.16. The van der Waals surface area contributed by atoms with E-state index in [0.29, 0.717) is 22.5 Å². The summed E-state index contributed by atoms with van der Waals surface area (Å²) >= 11 is 7.94. The van der Waals surface area contributed by atoms with Gasteiger partial charge in [-0.2, -0.15) is 4.98 Å². The van der Waals surface area contributed by atoms with Crippen molar-refractivity contribution in [2.24, 2.45) is 0 Å². The molecule has 0 spiro atoms. The first-order valence-corrected chi connectivity index (χ1v) is 12.0. The molecule has 166 valence electrons. The Balaban J connectivity index is 1.78. The lowest BCUT2D eigenvalue weighted by molar-refractivity contribution is -0.120. The summed E-state index contributed by atoms with van der Waals surface area (Å²) in [7, 11) is 0. The topological polar surface area (TPSA) is 75.4 Å². The Morgan fingerprint density at radius 3 is 2.58 bits per heavy atom. The molecule has 0 saturated heterocycles. The van der Waals surface area contributed by atoms with Gasteiger partial charge in [0.15, 0.2) is 0 Å². The molecule has 1 aromatic carbocycles. The van der Waals surface area contributed by atoms with E-state index in [2.05, 4.69) is 39.1 Å². The SMILES string of the molecule is CCN(CC)C(CNC(=O)Cc1c(C)nc2nc(SC)nn2c1C)c1ccccc1Cl. The highest BCUT2D eigenvalue weighted by Gasteiger charge is 2.22. The molecule has 3 rings (SSSR count). The van der Waals surface area contributed by atoms with Crippen molar-refractivity contribution in [1.82, 2.24) is 29.8 Å². The minimum atomic E-state index is -0.0539. The summed E-state index contributed by atoms with van der Waals surface area (Å²) in [5, 5.41) is 8.95. The van der Waals surface area contributed by atoms with E-state index in [9.17, 15) is 4.79 Å². The van der Waals surface area contributed by atoms with Gasteiger partial charge in [0.2, 0.25) is 11.1 Å². The van der Waals surface area contributed by atoms with E-state index in [1.54, 1.807) is 4.52 Å². The van der Waals surface area contributed by atoms with E-state index in [1.165, 1.54) is 11.8 Å². The van der Waals surface area contributed by atoms with Gasteiger partial charge in [0.25, 0.3) is 5.78 Å². The van der Waals surface area contributed by atoms with Gasteiger partial charge in [-0.1, -0.05) is 55.4 Å². The summed E-state index contributed by atoms with van der Waals surface area (Å²) in [4.78, 5) is 24.1. The van der Waals surface area contributed by atoms with Gasteiger partial charge in [-0.05, 0) is 44.8 Å². The van der Waals surface area contributed by atoms with E-state index >= 15 is 0 Å². The second-order valence-corrected chi connectivity index (χ2v) is 8.49. The molecule has 1 N–H and O–H groups in total. The normalized spacial score (nSPS) is 12.5. The molecule has 1 atom stereocenters. The van der Waals surface area contributed by atoms with E-state index < -0.39 is 0 Å². The van der Waals surface area contributed by atoms with Crippen LogP contribution in [0.4, 0.5) is 0 Å². The van der Waals surface area contributed by atoms with Crippen LogP contribution in [0.5, 0.6) is 0 Å². The summed E-state index contributed by atoms with van der Waals surface area (Å²) in [5.74, 6) is 0.505. The van der Waals surface area contributed by atoms with Crippen LogP contribution in [-0.2, 0) is 11.2 Å². The van der Waals surface area contributed by atoms with Crippen LogP contribution in [0.2, 0.25) is 5.02 Å². The number of fused-ring (bicyclic) bond motifs is 1. The zero-order valence-corrected chi connectivity index (χ0v) is 20.2. The molecule has 7 nitrogen and oxygen atoms in total. The number of halogens is 1. The van der Waals surface area contributed by atoms with Gasteiger partial charge in [-0.15, -0.1) is 5.10 Å². The quantitative estimate of drug-likeness (QED) is 0.489. The first-order chi connectivity index (χ1) is 14.9. The number of hydrogen-bond acceptors (Lipinski definition) is 6. The van der Waals surface area contributed by atoms with Crippen molar-refractivity contribution in [1.29, 1.82) is 0 Å². The first-order valence-electron chi connectivity index (χ1n) is 10.4. The van der Waals surface area contributed by atoms with Gasteiger partial charge >= 0.3 is 0 Å². The number of aryl methyl sites for hydroxylation is 2. The average Bonchev–Trinajstić information content (AvgIpc) is 3.18. The Morgan fingerprint density at radius 2 is 1.94 bits per heavy atom. The summed E-state index contributed by atoms with van der Waals surface area (Å²) in [6.07, 6.45) is 2.17. The minimum absolute atomic E-state index is 0.00917. The number of benzene rings is 1. The fourth-order valence-corrected chi connectivity index (χ4v) is 4.41. The molecule has 0 radical (unpaired) electrons. The molecule has 1 amide bonds. The molecule has 0 aliphatic heterocycles. The number of amides is 1. The van der Waals surface area contributed by atoms with E-state index in [4.69, 9.17) is 11.6 Å². The molecule has 3 aromatic rings. The van der Waals surface area contributed by atoms with Crippen molar-refractivity contribution in [3.05, 3.63) is 51.8 Å². The first kappa shape index (κ1) is 23.5. The number of nitrogens with zero attached hydrogens (tertiary/aromatic N) is 5. The van der Waals surface area contributed by atoms with E-state index in [1.807, 2.05) is 44.4 Å². The largest absolute Gasteiger partial charge is 0.354 e. The van der Waals surface area contributed by atoms with Crippen LogP contribution in [0, 0.1) is 13.8 Å². The predicted octanol–water partition coefficient (Wildman–Crippen LogP) is 3.86. The van der Waals surface area contributed by atoms with Crippen molar-refractivity contribution in [3.8, 4) is 0 Å². The van der Waals surface area contributed by atoms with Crippen molar-refractivity contribution in [3.63, 3.8) is 0 Å². The standard InChI is InChI=1S/C22H29ClN6OS/c1-6-28(7-2)19(16-10-8-9-11-18(16)23)13-24-20(30)12-17-14(3)25-21-26-22(31-5)27-29(21)15(17)4/h8-11,19H,6-7,12-13H2,1-5H3,(H,24,30). The third kappa shape index (κ3) is 5.19. The maximum absolute atomic E-state index is 12.9. The van der Waals surface area contributed by atoms with Crippen molar-refractivity contribution in [2.75, 3.05) is 25.9 Å². The number of hydrogen-bond donors (Lipinski definition) is 1. The van der Waals surface area contributed by atoms with Crippen LogP contribution in [0.1, 0.15) is 42.4 Å². The second-order valence-electron chi connectivity index (χ2n) is 7.31. The molecule has 1 unspecified atom stereocenters. The van der Waals surface area contributed by atoms with Crippen LogP contribution in [0.25, 0.3) is 5.78 Å². The van der Waals surface area contributed by atoms with Crippen molar-refractivity contribution in [2.45, 2.75) is 45.3 Å². The Kier molecular flexibility index (Phi) is 7.91. The number of carbonyl (C=O) groups excluding carboxylic acids is 1. The number of rotatable bonds is 9. The van der Waals surface area contributed by atoms with Gasteiger partial charge in [0.05, 0.1) is 12.5 Å². The Morgan fingerprint density at radius 1 is 1.23 bits per heavy atom. The molecule has 2 aromatic heterocycles. The summed E-state index contributed by atoms with van der Waals surface area (Å²) in [6, 6.07) is 7.83. The van der Waals surface area contributed by atoms with E-state index in [-0.39, 0.29) is 18.4 Å². The van der Waals surface area contributed by atoms with Crippen LogP contribution >= 0.6 is 23.4 Å². The van der Waals surface area contributed by atoms with Crippen LogP contribution in [0.15, 0.2) is 29.4 Å². The lowest BCUT2D eigenvalue weighted by atomic mass is 10.0. The van der Waals surface area contributed by atoms with Crippen molar-refractivity contribution >= 4 is 35.0 Å². The molecular weight excluding hydrogens is 432 g/mol. The number of likely N-dealkylation sites (N-methyl/N-ethyl adjacent to an activating group) is 1. The summed E-state index contributed by atoms with van der Waals surface area (Å²) < 4.78 is 1.71. The molecule has 0 bridgehead atoms. The van der Waals surface area contributed by atoms with E-state index in [0.717, 1.165) is 35.6 Å².